The van der Waals surface area contributed by atoms with E-state index in [9.17, 15) is 4.79 Å². The molecule has 0 bridgehead atoms. The molecule has 1 aromatic rings. The molecule has 0 radical (unpaired) electrons. The molecule has 1 rings (SSSR count). The summed E-state index contributed by atoms with van der Waals surface area (Å²) >= 11 is 1.15. The zero-order chi connectivity index (χ0) is 14.1. The highest BCUT2D eigenvalue weighted by Crippen LogP contribution is 2.17. The Bertz CT molecular complexity index is 397. The smallest absolute Gasteiger partial charge is 0.313 e. The number of thioether (sulfide) groups is 1. The Morgan fingerprint density at radius 3 is 2.84 bits per heavy atom. The SMILES string of the molecule is COCCn1c(CCCCO)nnc1SCC(=O)O. The van der Waals surface area contributed by atoms with Crippen molar-refractivity contribution in [3.8, 4) is 0 Å². The first-order valence-corrected chi connectivity index (χ1v) is 7.04. The maximum Gasteiger partial charge on any atom is 0.313 e. The van der Waals surface area contributed by atoms with Crippen LogP contribution in [-0.2, 0) is 22.5 Å². The number of ether oxygens (including phenoxy) is 1. The van der Waals surface area contributed by atoms with Gasteiger partial charge in [-0.1, -0.05) is 11.8 Å². The van der Waals surface area contributed by atoms with Crippen LogP contribution in [0.3, 0.4) is 0 Å². The summed E-state index contributed by atoms with van der Waals surface area (Å²) < 4.78 is 6.92. The summed E-state index contributed by atoms with van der Waals surface area (Å²) in [4.78, 5) is 10.6. The largest absolute Gasteiger partial charge is 0.481 e. The molecule has 0 aliphatic rings. The standard InChI is InChI=1S/C11H19N3O4S/c1-18-7-5-14-9(4-2-3-6-15)12-13-11(14)19-8-10(16)17/h15H,2-8H2,1H3,(H,16,17). The Balaban J connectivity index is 2.69. The minimum absolute atomic E-state index is 0.0399. The second-order valence-electron chi connectivity index (χ2n) is 3.91. The van der Waals surface area contributed by atoms with Crippen molar-refractivity contribution in [2.45, 2.75) is 31.0 Å². The van der Waals surface area contributed by atoms with Crippen LogP contribution >= 0.6 is 11.8 Å². The third-order valence-corrected chi connectivity index (χ3v) is 3.40. The number of carboxylic acid groups (broad SMARTS) is 1. The number of methoxy groups -OCH3 is 1. The quantitative estimate of drug-likeness (QED) is 0.475. The van der Waals surface area contributed by atoms with Crippen LogP contribution in [0.1, 0.15) is 18.7 Å². The molecule has 19 heavy (non-hydrogen) atoms. The van der Waals surface area contributed by atoms with Crippen LogP contribution in [0.25, 0.3) is 0 Å². The molecule has 0 aliphatic carbocycles. The Morgan fingerprint density at radius 1 is 1.42 bits per heavy atom. The fraction of sp³-hybridized carbons (Fsp3) is 0.727. The first-order chi connectivity index (χ1) is 9.19. The van der Waals surface area contributed by atoms with Gasteiger partial charge < -0.3 is 19.5 Å². The number of nitrogens with zero attached hydrogens (tertiary/aromatic N) is 3. The molecule has 8 heteroatoms. The van der Waals surface area contributed by atoms with E-state index in [4.69, 9.17) is 14.9 Å². The molecule has 0 saturated heterocycles. The second-order valence-corrected chi connectivity index (χ2v) is 4.85. The number of aliphatic hydroxyl groups is 1. The van der Waals surface area contributed by atoms with E-state index in [2.05, 4.69) is 10.2 Å². The number of aromatic nitrogens is 3. The topological polar surface area (TPSA) is 97.5 Å². The Hall–Kier alpha value is -1.12. The minimum Gasteiger partial charge on any atom is -0.481 e. The van der Waals surface area contributed by atoms with Crippen molar-refractivity contribution in [2.75, 3.05) is 26.1 Å². The predicted octanol–water partition coefficient (Wildman–Crippen LogP) is 0.416. The van der Waals surface area contributed by atoms with Gasteiger partial charge in [0.25, 0.3) is 0 Å². The molecule has 0 atom stereocenters. The number of carboxylic acids is 1. The first kappa shape index (κ1) is 15.9. The first-order valence-electron chi connectivity index (χ1n) is 6.05. The molecule has 1 aromatic heterocycles. The predicted molar refractivity (Wildman–Crippen MR) is 70.3 cm³/mol. The monoisotopic (exact) mass is 289 g/mol. The van der Waals surface area contributed by atoms with Crippen molar-refractivity contribution in [1.82, 2.24) is 14.8 Å². The van der Waals surface area contributed by atoms with E-state index < -0.39 is 5.97 Å². The van der Waals surface area contributed by atoms with Crippen LogP contribution in [0.4, 0.5) is 0 Å². The van der Waals surface area contributed by atoms with Gasteiger partial charge in [-0.2, -0.15) is 0 Å². The number of aliphatic hydroxyl groups excluding tert-OH is 1. The summed E-state index contributed by atoms with van der Waals surface area (Å²) in [5, 5.41) is 26.2. The van der Waals surface area contributed by atoms with E-state index in [0.29, 0.717) is 24.7 Å². The lowest BCUT2D eigenvalue weighted by Gasteiger charge is -2.08. The van der Waals surface area contributed by atoms with Crippen molar-refractivity contribution in [1.29, 1.82) is 0 Å². The second kappa shape index (κ2) is 8.89. The Labute approximate surface area is 116 Å². The van der Waals surface area contributed by atoms with Crippen molar-refractivity contribution in [3.63, 3.8) is 0 Å². The van der Waals surface area contributed by atoms with Gasteiger partial charge in [-0.3, -0.25) is 4.79 Å². The van der Waals surface area contributed by atoms with Gasteiger partial charge in [-0.05, 0) is 12.8 Å². The average molecular weight is 289 g/mol. The van der Waals surface area contributed by atoms with E-state index in [1.165, 1.54) is 0 Å². The van der Waals surface area contributed by atoms with Crippen LogP contribution in [0.5, 0.6) is 0 Å². The number of unbranched alkanes of at least 4 members (excludes halogenated alkanes) is 1. The zero-order valence-electron chi connectivity index (χ0n) is 10.9. The van der Waals surface area contributed by atoms with Gasteiger partial charge in [-0.25, -0.2) is 0 Å². The Kier molecular flexibility index (Phi) is 7.46. The van der Waals surface area contributed by atoms with Gasteiger partial charge in [-0.15, -0.1) is 10.2 Å². The maximum atomic E-state index is 10.6. The number of aryl methyl sites for hydroxylation is 1. The van der Waals surface area contributed by atoms with Crippen LogP contribution in [0.2, 0.25) is 0 Å². The van der Waals surface area contributed by atoms with E-state index in [1.54, 1.807) is 7.11 Å². The lowest BCUT2D eigenvalue weighted by molar-refractivity contribution is -0.133. The number of carbonyl (C=O) groups is 1. The van der Waals surface area contributed by atoms with Crippen molar-refractivity contribution in [2.24, 2.45) is 0 Å². The molecule has 1 heterocycles. The summed E-state index contributed by atoms with van der Waals surface area (Å²) in [6.07, 6.45) is 2.25. The van der Waals surface area contributed by atoms with Crippen molar-refractivity contribution >= 4 is 17.7 Å². The number of hydrogen-bond acceptors (Lipinski definition) is 6. The van der Waals surface area contributed by atoms with E-state index in [-0.39, 0.29) is 12.4 Å². The molecule has 2 N–H and O–H groups in total. The summed E-state index contributed by atoms with van der Waals surface area (Å²) in [5.41, 5.74) is 0. The van der Waals surface area contributed by atoms with Crippen LogP contribution in [-0.4, -0.2) is 57.0 Å². The highest BCUT2D eigenvalue weighted by Gasteiger charge is 2.13. The third-order valence-electron chi connectivity index (χ3n) is 2.45. The maximum absolute atomic E-state index is 10.6. The fourth-order valence-electron chi connectivity index (χ4n) is 1.54. The summed E-state index contributed by atoms with van der Waals surface area (Å²) in [5.74, 6) is -0.117. The fourth-order valence-corrected chi connectivity index (χ4v) is 2.24. The highest BCUT2D eigenvalue weighted by molar-refractivity contribution is 7.99. The molecule has 0 spiro atoms. The number of rotatable bonds is 10. The molecule has 0 saturated carbocycles. The Morgan fingerprint density at radius 2 is 2.21 bits per heavy atom. The molecule has 0 fully saturated rings. The molecule has 0 aromatic carbocycles. The number of hydrogen-bond donors (Lipinski definition) is 2. The molecular weight excluding hydrogens is 270 g/mol. The summed E-state index contributed by atoms with van der Waals surface area (Å²) in [6, 6.07) is 0. The van der Waals surface area contributed by atoms with E-state index >= 15 is 0 Å². The normalized spacial score (nSPS) is 10.8. The molecule has 7 nitrogen and oxygen atoms in total. The van der Waals surface area contributed by atoms with Gasteiger partial charge in [0.15, 0.2) is 5.16 Å². The van der Waals surface area contributed by atoms with Crippen molar-refractivity contribution in [3.05, 3.63) is 5.82 Å². The lowest BCUT2D eigenvalue weighted by atomic mass is 10.2. The minimum atomic E-state index is -0.881. The average Bonchev–Trinajstić information content (AvgIpc) is 2.76. The molecule has 108 valence electrons. The summed E-state index contributed by atoms with van der Waals surface area (Å²) in [6.45, 7) is 1.28. The van der Waals surface area contributed by atoms with Gasteiger partial charge in [0.2, 0.25) is 0 Å². The van der Waals surface area contributed by atoms with Gasteiger partial charge in [0.05, 0.1) is 12.4 Å². The molecule has 0 amide bonds. The molecule has 0 aliphatic heterocycles. The summed E-state index contributed by atoms with van der Waals surface area (Å²) in [7, 11) is 1.61. The van der Waals surface area contributed by atoms with Crippen LogP contribution in [0.15, 0.2) is 5.16 Å². The zero-order valence-corrected chi connectivity index (χ0v) is 11.7. The molecular formula is C11H19N3O4S. The van der Waals surface area contributed by atoms with Gasteiger partial charge in [0, 0.05) is 26.7 Å². The lowest BCUT2D eigenvalue weighted by Crippen LogP contribution is -2.11. The van der Waals surface area contributed by atoms with E-state index in [0.717, 1.165) is 30.4 Å². The van der Waals surface area contributed by atoms with Gasteiger partial charge >= 0.3 is 5.97 Å². The highest BCUT2D eigenvalue weighted by atomic mass is 32.2. The van der Waals surface area contributed by atoms with Gasteiger partial charge in [0.1, 0.15) is 5.82 Å². The van der Waals surface area contributed by atoms with Crippen LogP contribution < -0.4 is 0 Å². The molecule has 0 unspecified atom stereocenters. The van der Waals surface area contributed by atoms with Crippen LogP contribution in [0, 0.1) is 0 Å². The van der Waals surface area contributed by atoms with E-state index in [1.807, 2.05) is 4.57 Å². The third kappa shape index (κ3) is 5.58. The van der Waals surface area contributed by atoms with Crippen molar-refractivity contribution < 1.29 is 19.7 Å². The number of aliphatic carboxylic acids is 1.